The zero-order valence-electron chi connectivity index (χ0n) is 30.6. The predicted molar refractivity (Wildman–Crippen MR) is 226 cm³/mol. The van der Waals surface area contributed by atoms with Gasteiger partial charge in [-0.15, -0.1) is 0 Å². The lowest BCUT2D eigenvalue weighted by Crippen LogP contribution is -2.32. The molecule has 3 aliphatic rings. The van der Waals surface area contributed by atoms with Crippen LogP contribution in [0.25, 0.3) is 45.0 Å². The molecule has 0 bridgehead atoms. The fourth-order valence-corrected chi connectivity index (χ4v) is 9.39. The number of hydrogen-bond acceptors (Lipinski definition) is 3. The van der Waals surface area contributed by atoms with Gasteiger partial charge in [0.25, 0.3) is 0 Å². The molecular weight excluding hydrogens is 681 g/mol. The molecule has 0 saturated carbocycles. The molecule has 3 nitrogen and oxygen atoms in total. The fourth-order valence-electron chi connectivity index (χ4n) is 9.39. The predicted octanol–water partition coefficient (Wildman–Crippen LogP) is 12.9. The number of nitrogens with zero attached hydrogens (tertiary/aromatic N) is 2. The normalized spacial score (nSPS) is 16.7. The molecule has 0 N–H and O–H groups in total. The van der Waals surface area contributed by atoms with Gasteiger partial charge in [0, 0.05) is 39.7 Å². The molecule has 1 aliphatic heterocycles. The summed E-state index contributed by atoms with van der Waals surface area (Å²) < 4.78 is 6.91. The molecule has 2 unspecified atom stereocenters. The van der Waals surface area contributed by atoms with Gasteiger partial charge in [-0.25, -0.2) is 9.97 Å². The molecule has 11 rings (SSSR count). The average molecular weight is 717 g/mol. The maximum atomic E-state index is 6.91. The molecule has 8 aromatic rings. The summed E-state index contributed by atoms with van der Waals surface area (Å²) in [6.07, 6.45) is 9.02. The first-order valence-corrected chi connectivity index (χ1v) is 19.3. The third-order valence-electron chi connectivity index (χ3n) is 11.8. The molecule has 1 spiro atoms. The van der Waals surface area contributed by atoms with Gasteiger partial charge in [0.2, 0.25) is 0 Å². The van der Waals surface area contributed by atoms with Crippen LogP contribution < -0.4 is 4.74 Å². The Labute approximate surface area is 327 Å². The first-order valence-electron chi connectivity index (χ1n) is 19.3. The molecule has 0 saturated heterocycles. The van der Waals surface area contributed by atoms with Gasteiger partial charge >= 0.3 is 0 Å². The zero-order valence-corrected chi connectivity index (χ0v) is 30.6. The highest BCUT2D eigenvalue weighted by molar-refractivity contribution is 5.88. The van der Waals surface area contributed by atoms with Gasteiger partial charge in [0.15, 0.2) is 5.82 Å². The summed E-state index contributed by atoms with van der Waals surface area (Å²) >= 11 is 0. The van der Waals surface area contributed by atoms with Crippen LogP contribution in [0.3, 0.4) is 0 Å². The maximum Gasteiger partial charge on any atom is 0.160 e. The first-order chi connectivity index (χ1) is 27.8. The molecule has 1 aromatic heterocycles. The summed E-state index contributed by atoms with van der Waals surface area (Å²) in [5.41, 5.74) is 14.4. The van der Waals surface area contributed by atoms with Crippen LogP contribution in [0.4, 0.5) is 0 Å². The van der Waals surface area contributed by atoms with E-state index in [0.29, 0.717) is 5.82 Å². The Kier molecular flexibility index (Phi) is 7.53. The minimum absolute atomic E-state index is 0.0577. The molecule has 2 atom stereocenters. The van der Waals surface area contributed by atoms with E-state index in [2.05, 4.69) is 182 Å². The van der Waals surface area contributed by atoms with Crippen LogP contribution in [0.15, 0.2) is 206 Å². The minimum Gasteiger partial charge on any atom is -0.457 e. The van der Waals surface area contributed by atoms with Gasteiger partial charge in [0.05, 0.1) is 16.8 Å². The lowest BCUT2D eigenvalue weighted by atomic mass is 9.65. The van der Waals surface area contributed by atoms with Gasteiger partial charge < -0.3 is 4.74 Å². The summed E-state index contributed by atoms with van der Waals surface area (Å²) in [5, 5.41) is 0. The van der Waals surface area contributed by atoms with Crippen molar-refractivity contribution in [2.75, 3.05) is 0 Å². The van der Waals surface area contributed by atoms with Crippen molar-refractivity contribution in [2.24, 2.45) is 0 Å². The number of para-hydroxylation sites is 1. The molecule has 0 fully saturated rings. The van der Waals surface area contributed by atoms with E-state index in [1.54, 1.807) is 0 Å². The summed E-state index contributed by atoms with van der Waals surface area (Å²) in [7, 11) is 0. The second-order valence-corrected chi connectivity index (χ2v) is 14.8. The number of ether oxygens (including phenoxy) is 1. The van der Waals surface area contributed by atoms with Gasteiger partial charge in [0.1, 0.15) is 11.5 Å². The molecule has 3 heteroatoms. The van der Waals surface area contributed by atoms with Gasteiger partial charge in [-0.3, -0.25) is 0 Å². The lowest BCUT2D eigenvalue weighted by molar-refractivity contribution is 0.435. The van der Waals surface area contributed by atoms with Gasteiger partial charge in [-0.2, -0.15) is 0 Å². The van der Waals surface area contributed by atoms with Gasteiger partial charge in [-0.05, 0) is 51.6 Å². The number of aromatic nitrogens is 2. The molecule has 7 aromatic carbocycles. The quantitative estimate of drug-likeness (QED) is 0.178. The van der Waals surface area contributed by atoms with Crippen LogP contribution in [-0.4, -0.2) is 9.97 Å². The molecule has 0 amide bonds. The van der Waals surface area contributed by atoms with Crippen molar-refractivity contribution < 1.29 is 4.74 Å². The van der Waals surface area contributed by atoms with Crippen LogP contribution in [0.5, 0.6) is 11.5 Å². The Hall–Kier alpha value is -7.10. The molecule has 2 heterocycles. The second-order valence-electron chi connectivity index (χ2n) is 14.8. The zero-order chi connectivity index (χ0) is 37.1. The van der Waals surface area contributed by atoms with E-state index in [1.807, 2.05) is 24.3 Å². The molecule has 264 valence electrons. The van der Waals surface area contributed by atoms with Crippen LogP contribution in [0.1, 0.15) is 45.2 Å². The Bertz CT molecular complexity index is 2750. The largest absolute Gasteiger partial charge is 0.457 e. The maximum absolute atomic E-state index is 6.91. The van der Waals surface area contributed by atoms with E-state index in [9.17, 15) is 0 Å². The Balaban J connectivity index is 1.05. The van der Waals surface area contributed by atoms with E-state index >= 15 is 0 Å². The number of fused-ring (bicyclic) bond motifs is 9. The number of benzene rings is 7. The van der Waals surface area contributed by atoms with E-state index in [0.717, 1.165) is 39.6 Å². The Morgan fingerprint density at radius 2 is 0.964 bits per heavy atom. The summed E-state index contributed by atoms with van der Waals surface area (Å²) in [4.78, 5) is 10.3. The Morgan fingerprint density at radius 1 is 0.411 bits per heavy atom. The molecular formula is C53H36N2O. The summed E-state index contributed by atoms with van der Waals surface area (Å²) in [6, 6.07) is 64.8. The minimum atomic E-state index is -0.482. The van der Waals surface area contributed by atoms with E-state index in [-0.39, 0.29) is 11.8 Å². The monoisotopic (exact) mass is 716 g/mol. The molecule has 0 radical (unpaired) electrons. The van der Waals surface area contributed by atoms with Gasteiger partial charge in [-0.1, -0.05) is 188 Å². The van der Waals surface area contributed by atoms with E-state index < -0.39 is 5.41 Å². The van der Waals surface area contributed by atoms with E-state index in [1.165, 1.54) is 44.5 Å². The van der Waals surface area contributed by atoms with Crippen molar-refractivity contribution in [1.29, 1.82) is 0 Å². The van der Waals surface area contributed by atoms with E-state index in [4.69, 9.17) is 14.7 Å². The number of hydrogen-bond donors (Lipinski definition) is 0. The number of rotatable bonds is 5. The second kappa shape index (κ2) is 13.0. The topological polar surface area (TPSA) is 35.0 Å². The highest BCUT2D eigenvalue weighted by atomic mass is 16.5. The smallest absolute Gasteiger partial charge is 0.160 e. The SMILES string of the molecule is C1=CC(c2ccc3c(c2)Oc2ccccc2C32c3ccccc3-c3ccccc32)C(c2ccccc2-c2cc(-c3ccccc3)nc(-c3ccccc3)n2)C=C1. The van der Waals surface area contributed by atoms with Crippen molar-refractivity contribution in [3.05, 3.63) is 240 Å². The van der Waals surface area contributed by atoms with Crippen molar-refractivity contribution in [3.8, 4) is 56.5 Å². The highest BCUT2D eigenvalue weighted by Crippen LogP contribution is 2.62. The molecule has 56 heavy (non-hydrogen) atoms. The van der Waals surface area contributed by atoms with Crippen molar-refractivity contribution >= 4 is 0 Å². The summed E-state index contributed by atoms with van der Waals surface area (Å²) in [5.74, 6) is 2.64. The van der Waals surface area contributed by atoms with Crippen molar-refractivity contribution in [3.63, 3.8) is 0 Å². The highest BCUT2D eigenvalue weighted by Gasteiger charge is 2.51. The Morgan fingerprint density at radius 3 is 1.70 bits per heavy atom. The standard InChI is InChI=1S/C53H36N2O/c1-3-17-35(18-4-1)48-34-49(55-52(54-48)36-19-5-2-6-20-36)43-26-10-9-23-40(43)39-22-8-7-21-38(39)37-31-32-47-51(33-37)56-50-30-16-15-29-46(50)53(47)44-27-13-11-24-41(44)42-25-12-14-28-45(42)53/h1-34,38-39H. The number of allylic oxidation sites excluding steroid dienone is 4. The third-order valence-corrected chi connectivity index (χ3v) is 11.8. The molecule has 2 aliphatic carbocycles. The first kappa shape index (κ1) is 32.3. The van der Waals surface area contributed by atoms with Crippen molar-refractivity contribution in [1.82, 2.24) is 9.97 Å². The van der Waals surface area contributed by atoms with Crippen LogP contribution in [0, 0.1) is 0 Å². The van der Waals surface area contributed by atoms with Crippen LogP contribution >= 0.6 is 0 Å². The van der Waals surface area contributed by atoms with Crippen molar-refractivity contribution in [2.45, 2.75) is 17.3 Å². The third kappa shape index (κ3) is 4.98. The fraction of sp³-hybridized carbons (Fsp3) is 0.0566. The average Bonchev–Trinajstić information content (AvgIpc) is 3.57. The van der Waals surface area contributed by atoms with Crippen LogP contribution in [0.2, 0.25) is 0 Å². The summed E-state index contributed by atoms with van der Waals surface area (Å²) in [6.45, 7) is 0. The lowest BCUT2D eigenvalue weighted by Gasteiger charge is -2.40. The van der Waals surface area contributed by atoms with Crippen LogP contribution in [-0.2, 0) is 5.41 Å².